The van der Waals surface area contributed by atoms with Crippen LogP contribution >= 0.6 is 0 Å². The molecule has 276 valence electrons. The molecule has 0 spiro atoms. The van der Waals surface area contributed by atoms with Crippen molar-refractivity contribution in [3.63, 3.8) is 0 Å². The minimum absolute atomic E-state index is 0.0990. The van der Waals surface area contributed by atoms with Gasteiger partial charge in [-0.05, 0) is 139 Å². The fourth-order valence-electron chi connectivity index (χ4n) is 10.5. The third-order valence-corrected chi connectivity index (χ3v) is 12.9. The molecule has 4 rings (SSSR count). The van der Waals surface area contributed by atoms with Crippen molar-refractivity contribution in [2.24, 2.45) is 46.3 Å². The Kier molecular flexibility index (Phi) is 11.2. The van der Waals surface area contributed by atoms with Gasteiger partial charge in [-0.2, -0.15) is 8.42 Å². The van der Waals surface area contributed by atoms with E-state index in [9.17, 15) is 22.8 Å². The van der Waals surface area contributed by atoms with E-state index in [1.165, 1.54) is 7.11 Å². The van der Waals surface area contributed by atoms with Gasteiger partial charge in [-0.15, -0.1) is 0 Å². The van der Waals surface area contributed by atoms with Crippen molar-refractivity contribution in [3.8, 4) is 0 Å². The van der Waals surface area contributed by atoms with Crippen LogP contribution in [0.1, 0.15) is 120 Å². The average molecular weight is 699 g/mol. The highest BCUT2D eigenvalue weighted by Crippen LogP contribution is 2.68. The van der Waals surface area contributed by atoms with Crippen molar-refractivity contribution < 1.29 is 41.2 Å². The van der Waals surface area contributed by atoms with Crippen molar-refractivity contribution in [3.05, 3.63) is 0 Å². The van der Waals surface area contributed by atoms with E-state index in [2.05, 4.69) is 31.4 Å². The highest BCUT2D eigenvalue weighted by Gasteiger charge is 2.66. The van der Waals surface area contributed by atoms with E-state index in [1.807, 2.05) is 41.5 Å². The molecule has 0 aliphatic heterocycles. The maximum absolute atomic E-state index is 13.5. The molecular weight excluding hydrogens is 636 g/mol. The van der Waals surface area contributed by atoms with Crippen LogP contribution in [0.25, 0.3) is 0 Å². The molecule has 0 radical (unpaired) electrons. The molecule has 0 heterocycles. The van der Waals surface area contributed by atoms with Gasteiger partial charge in [-0.25, -0.2) is 9.59 Å². The summed E-state index contributed by atoms with van der Waals surface area (Å²) in [6.45, 7) is 18.0. The Labute approximate surface area is 288 Å². The second-order valence-electron chi connectivity index (χ2n) is 17.8. The molecule has 2 N–H and O–H groups in total. The Morgan fingerprint density at radius 3 is 2.04 bits per heavy atom. The lowest BCUT2D eigenvalue weighted by molar-refractivity contribution is -0.150. The van der Waals surface area contributed by atoms with E-state index in [0.29, 0.717) is 38.5 Å². The highest BCUT2D eigenvalue weighted by atomic mass is 32.2. The third-order valence-electron chi connectivity index (χ3n) is 12.3. The molecule has 0 aromatic carbocycles. The van der Waals surface area contributed by atoms with Crippen LogP contribution in [-0.2, 0) is 33.3 Å². The number of hydrogen-bond acceptors (Lipinski definition) is 9. The Morgan fingerprint density at radius 2 is 1.48 bits per heavy atom. The molecule has 11 atom stereocenters. The van der Waals surface area contributed by atoms with Crippen LogP contribution in [0.4, 0.5) is 9.59 Å². The van der Waals surface area contributed by atoms with Gasteiger partial charge < -0.3 is 24.8 Å². The second kappa shape index (κ2) is 13.9. The van der Waals surface area contributed by atoms with Crippen LogP contribution in [0, 0.1) is 46.3 Å². The van der Waals surface area contributed by atoms with Crippen molar-refractivity contribution in [2.75, 3.05) is 13.4 Å². The van der Waals surface area contributed by atoms with E-state index in [-0.39, 0.29) is 64.4 Å². The molecule has 0 unspecified atom stereocenters. The maximum Gasteiger partial charge on any atom is 0.407 e. The summed E-state index contributed by atoms with van der Waals surface area (Å²) in [5, 5.41) is 6.65. The predicted molar refractivity (Wildman–Crippen MR) is 182 cm³/mol. The number of ether oxygens (including phenoxy) is 3. The van der Waals surface area contributed by atoms with Gasteiger partial charge in [0.25, 0.3) is 10.1 Å². The number of carbonyl (C=O) groups is 3. The first kappa shape index (κ1) is 38.7. The quantitative estimate of drug-likeness (QED) is 0.163. The zero-order valence-corrected chi connectivity index (χ0v) is 32.0. The van der Waals surface area contributed by atoms with Gasteiger partial charge in [0.2, 0.25) is 0 Å². The number of hydrogen-bond donors (Lipinski definition) is 2. The molecule has 48 heavy (non-hydrogen) atoms. The number of amides is 2. The van der Waals surface area contributed by atoms with Crippen molar-refractivity contribution in [1.82, 2.24) is 10.6 Å². The van der Waals surface area contributed by atoms with Crippen LogP contribution in [0.15, 0.2) is 0 Å². The Hall–Kier alpha value is -2.08. The van der Waals surface area contributed by atoms with Crippen molar-refractivity contribution in [1.29, 1.82) is 0 Å². The number of nitrogens with one attached hydrogen (secondary N) is 2. The molecule has 4 aliphatic rings. The number of rotatable bonds is 8. The van der Waals surface area contributed by atoms with Gasteiger partial charge in [0.05, 0.1) is 19.5 Å². The standard InChI is InChI=1S/C36H62N2O9S/c1-21(12-15-29(39)44-10)24-13-14-25-30-26(20-28(36(24,25)9)38-32(41)46-34(5,6)7)35(8)17-16-23(47-48(11,42)43)18-22(35)19-27(30)37-31(40)45-33(2,3)4/h21-28,30H,12-20H2,1-11H3,(H,37,40)(H,38,41)/t21-,22+,23-,24-,25+,26+,27-,28+,30+,35+,36-/m1/s1. The van der Waals surface area contributed by atoms with Gasteiger partial charge in [-0.3, -0.25) is 8.98 Å². The Bertz CT molecular complexity index is 1310. The van der Waals surface area contributed by atoms with Gasteiger partial charge in [0.1, 0.15) is 11.2 Å². The van der Waals surface area contributed by atoms with Crippen LogP contribution < -0.4 is 10.6 Å². The third kappa shape index (κ3) is 8.61. The Morgan fingerprint density at radius 1 is 0.875 bits per heavy atom. The van der Waals surface area contributed by atoms with E-state index in [1.54, 1.807) is 0 Å². The minimum Gasteiger partial charge on any atom is -0.469 e. The van der Waals surface area contributed by atoms with E-state index >= 15 is 0 Å². The summed E-state index contributed by atoms with van der Waals surface area (Å²) in [5.41, 5.74) is -1.81. The summed E-state index contributed by atoms with van der Waals surface area (Å²) in [6, 6.07) is -0.398. The molecule has 4 fully saturated rings. The van der Waals surface area contributed by atoms with Gasteiger partial charge in [0, 0.05) is 18.5 Å². The lowest BCUT2D eigenvalue weighted by atomic mass is 9.42. The smallest absolute Gasteiger partial charge is 0.407 e. The zero-order chi connectivity index (χ0) is 36.0. The largest absolute Gasteiger partial charge is 0.469 e. The summed E-state index contributed by atoms with van der Waals surface area (Å²) in [4.78, 5) is 39.0. The normalized spacial score (nSPS) is 37.2. The lowest BCUT2D eigenvalue weighted by Crippen LogP contribution is -2.67. The van der Waals surface area contributed by atoms with Crippen LogP contribution in [0.2, 0.25) is 0 Å². The summed E-state index contributed by atoms with van der Waals surface area (Å²) in [5.74, 6) is 0.720. The summed E-state index contributed by atoms with van der Waals surface area (Å²) >= 11 is 0. The molecule has 0 saturated heterocycles. The molecule has 0 aromatic rings. The lowest BCUT2D eigenvalue weighted by Gasteiger charge is -2.65. The van der Waals surface area contributed by atoms with Crippen LogP contribution in [0.5, 0.6) is 0 Å². The first-order valence-corrected chi connectivity index (χ1v) is 19.7. The van der Waals surface area contributed by atoms with Gasteiger partial charge in [0.15, 0.2) is 0 Å². The first-order chi connectivity index (χ1) is 22.0. The SMILES string of the molecule is COC(=O)CC[C@@H](C)[C@H]1CC[C@H]2[C@@H]3[C@H](NC(=O)OC(C)(C)C)C[C@@H]4C[C@H](OS(C)(=O)=O)CC[C@]4(C)[C@H]3C[C@H](NC(=O)OC(C)(C)C)[C@]12C. The molecule has 11 nitrogen and oxygen atoms in total. The molecule has 0 aromatic heterocycles. The number of esters is 1. The number of alkyl carbamates (subject to hydrolysis) is 2. The van der Waals surface area contributed by atoms with Gasteiger partial charge in [-0.1, -0.05) is 20.8 Å². The Balaban J connectivity index is 1.76. The molecule has 4 aliphatic carbocycles. The number of fused-ring (bicyclic) bond motifs is 5. The van der Waals surface area contributed by atoms with Crippen molar-refractivity contribution >= 4 is 28.3 Å². The second-order valence-corrected chi connectivity index (χ2v) is 19.4. The molecule has 12 heteroatoms. The maximum atomic E-state index is 13.5. The predicted octanol–water partition coefficient (Wildman–Crippen LogP) is 6.59. The van der Waals surface area contributed by atoms with Crippen molar-refractivity contribution in [2.45, 2.75) is 149 Å². The molecular formula is C36H62N2O9S. The molecule has 2 amide bonds. The van der Waals surface area contributed by atoms with Crippen LogP contribution in [-0.4, -0.2) is 69.3 Å². The molecule has 4 saturated carbocycles. The van der Waals surface area contributed by atoms with E-state index in [0.717, 1.165) is 25.5 Å². The average Bonchev–Trinajstić information content (AvgIpc) is 3.28. The van der Waals surface area contributed by atoms with Gasteiger partial charge >= 0.3 is 18.2 Å². The van der Waals surface area contributed by atoms with E-state index in [4.69, 9.17) is 18.4 Å². The highest BCUT2D eigenvalue weighted by molar-refractivity contribution is 7.86. The summed E-state index contributed by atoms with van der Waals surface area (Å²) < 4.78 is 46.3. The summed E-state index contributed by atoms with van der Waals surface area (Å²) in [6.07, 6.45) is 6.11. The number of methoxy groups -OCH3 is 1. The topological polar surface area (TPSA) is 146 Å². The zero-order valence-electron chi connectivity index (χ0n) is 31.1. The first-order valence-electron chi connectivity index (χ1n) is 17.9. The van der Waals surface area contributed by atoms with E-state index < -0.39 is 39.6 Å². The number of carbonyl (C=O) groups excluding carboxylic acids is 3. The molecule has 0 bridgehead atoms. The van der Waals surface area contributed by atoms with Crippen LogP contribution in [0.3, 0.4) is 0 Å². The fraction of sp³-hybridized carbons (Fsp3) is 0.917. The monoisotopic (exact) mass is 698 g/mol. The summed E-state index contributed by atoms with van der Waals surface area (Å²) in [7, 11) is -2.21. The minimum atomic E-state index is -3.62. The fourth-order valence-corrected chi connectivity index (χ4v) is 11.1.